The van der Waals surface area contributed by atoms with Gasteiger partial charge in [-0.3, -0.25) is 9.78 Å². The maximum Gasteiger partial charge on any atom is 0.227 e. The van der Waals surface area contributed by atoms with Crippen LogP contribution in [0.2, 0.25) is 0 Å². The zero-order valence-corrected chi connectivity index (χ0v) is 15.4. The Morgan fingerprint density at radius 1 is 1.11 bits per heavy atom. The lowest BCUT2D eigenvalue weighted by atomic mass is 9.96. The number of piperidine rings is 1. The number of phenols is 1. The molecular formula is C19H19N5O2S. The first kappa shape index (κ1) is 17.4. The standard InChI is InChI=1S/C19H19N5O2S/c25-16-7-2-1-5-14(16)21-17(26)13-8-11-24(12-9-13)19-23-22-18(27-19)15-6-3-4-10-20-15/h1-7,10,13,25H,8-9,11-12H2,(H,21,26). The number of aromatic nitrogens is 3. The van der Waals surface area contributed by atoms with Crippen LogP contribution < -0.4 is 10.2 Å². The van der Waals surface area contributed by atoms with Crippen LogP contribution in [0, 0.1) is 5.92 Å². The third kappa shape index (κ3) is 3.90. The normalized spacial score (nSPS) is 14.9. The van der Waals surface area contributed by atoms with E-state index in [-0.39, 0.29) is 17.6 Å². The lowest BCUT2D eigenvalue weighted by molar-refractivity contribution is -0.120. The van der Waals surface area contributed by atoms with E-state index in [1.54, 1.807) is 30.5 Å². The minimum absolute atomic E-state index is 0.0532. The first-order chi connectivity index (χ1) is 13.2. The summed E-state index contributed by atoms with van der Waals surface area (Å²) in [6, 6.07) is 12.5. The molecule has 1 aliphatic rings. The second kappa shape index (κ2) is 7.71. The molecule has 8 heteroatoms. The van der Waals surface area contributed by atoms with Gasteiger partial charge in [0.05, 0.1) is 5.69 Å². The Morgan fingerprint density at radius 3 is 2.63 bits per heavy atom. The lowest BCUT2D eigenvalue weighted by Gasteiger charge is -2.30. The number of rotatable bonds is 4. The molecule has 1 aromatic carbocycles. The summed E-state index contributed by atoms with van der Waals surface area (Å²) in [5.74, 6) is -0.0502. The summed E-state index contributed by atoms with van der Waals surface area (Å²) in [4.78, 5) is 18.9. The average molecular weight is 381 g/mol. The molecule has 7 nitrogen and oxygen atoms in total. The molecule has 1 amide bonds. The van der Waals surface area contributed by atoms with Crippen molar-refractivity contribution in [2.45, 2.75) is 12.8 Å². The van der Waals surface area contributed by atoms with E-state index in [4.69, 9.17) is 0 Å². The zero-order valence-electron chi connectivity index (χ0n) is 14.6. The van der Waals surface area contributed by atoms with Gasteiger partial charge in [0.2, 0.25) is 11.0 Å². The topological polar surface area (TPSA) is 91.2 Å². The smallest absolute Gasteiger partial charge is 0.227 e. The number of hydrogen-bond acceptors (Lipinski definition) is 7. The van der Waals surface area contributed by atoms with Gasteiger partial charge in [-0.2, -0.15) is 0 Å². The van der Waals surface area contributed by atoms with Crippen LogP contribution in [-0.4, -0.2) is 39.3 Å². The van der Waals surface area contributed by atoms with Gasteiger partial charge in [0, 0.05) is 25.2 Å². The van der Waals surface area contributed by atoms with Crippen LogP contribution in [-0.2, 0) is 4.79 Å². The van der Waals surface area contributed by atoms with E-state index in [1.807, 2.05) is 18.2 Å². The van der Waals surface area contributed by atoms with E-state index in [1.165, 1.54) is 11.3 Å². The number of carbonyl (C=O) groups is 1. The van der Waals surface area contributed by atoms with E-state index >= 15 is 0 Å². The van der Waals surface area contributed by atoms with Crippen molar-refractivity contribution < 1.29 is 9.90 Å². The van der Waals surface area contributed by atoms with E-state index in [0.717, 1.165) is 41.8 Å². The third-order valence-electron chi connectivity index (χ3n) is 4.60. The maximum absolute atomic E-state index is 12.5. The first-order valence-corrected chi connectivity index (χ1v) is 9.61. The fraction of sp³-hybridized carbons (Fsp3) is 0.263. The molecule has 27 heavy (non-hydrogen) atoms. The molecule has 1 fully saturated rings. The summed E-state index contributed by atoms with van der Waals surface area (Å²) >= 11 is 1.51. The van der Waals surface area contributed by atoms with Crippen molar-refractivity contribution in [2.75, 3.05) is 23.3 Å². The highest BCUT2D eigenvalue weighted by molar-refractivity contribution is 7.18. The number of amides is 1. The van der Waals surface area contributed by atoms with Crippen molar-refractivity contribution in [2.24, 2.45) is 5.92 Å². The summed E-state index contributed by atoms with van der Waals surface area (Å²) in [6.07, 6.45) is 3.21. The number of phenolic OH excluding ortho intramolecular Hbond substituents is 1. The van der Waals surface area contributed by atoms with Crippen molar-refractivity contribution in [3.05, 3.63) is 48.7 Å². The van der Waals surface area contributed by atoms with Crippen molar-refractivity contribution in [3.63, 3.8) is 0 Å². The molecule has 0 bridgehead atoms. The van der Waals surface area contributed by atoms with Crippen molar-refractivity contribution in [3.8, 4) is 16.5 Å². The number of carbonyl (C=O) groups excluding carboxylic acids is 1. The maximum atomic E-state index is 12.5. The average Bonchev–Trinajstić information content (AvgIpc) is 3.21. The van der Waals surface area contributed by atoms with E-state index in [2.05, 4.69) is 25.4 Å². The van der Waals surface area contributed by atoms with Gasteiger partial charge >= 0.3 is 0 Å². The Balaban J connectivity index is 1.36. The molecule has 0 radical (unpaired) electrons. The lowest BCUT2D eigenvalue weighted by Crippen LogP contribution is -2.38. The largest absolute Gasteiger partial charge is 0.506 e. The molecule has 0 spiro atoms. The summed E-state index contributed by atoms with van der Waals surface area (Å²) in [5.41, 5.74) is 1.27. The Kier molecular flexibility index (Phi) is 4.97. The van der Waals surface area contributed by atoms with Crippen LogP contribution in [0.25, 0.3) is 10.7 Å². The van der Waals surface area contributed by atoms with Gasteiger partial charge in [-0.25, -0.2) is 0 Å². The van der Waals surface area contributed by atoms with Crippen LogP contribution in [0.3, 0.4) is 0 Å². The molecule has 3 aromatic rings. The second-order valence-corrected chi connectivity index (χ2v) is 7.33. The van der Waals surface area contributed by atoms with Crippen LogP contribution in [0.1, 0.15) is 12.8 Å². The van der Waals surface area contributed by atoms with Crippen LogP contribution in [0.4, 0.5) is 10.8 Å². The predicted octanol–water partition coefficient (Wildman–Crippen LogP) is 3.16. The van der Waals surface area contributed by atoms with E-state index in [9.17, 15) is 9.90 Å². The number of anilines is 2. The van der Waals surface area contributed by atoms with Crippen molar-refractivity contribution in [1.82, 2.24) is 15.2 Å². The minimum atomic E-state index is -0.0796. The van der Waals surface area contributed by atoms with Gasteiger partial charge in [-0.15, -0.1) is 10.2 Å². The zero-order chi connectivity index (χ0) is 18.6. The molecule has 0 saturated carbocycles. The van der Waals surface area contributed by atoms with Gasteiger partial charge in [0.15, 0.2) is 5.01 Å². The summed E-state index contributed by atoms with van der Waals surface area (Å²) in [7, 11) is 0. The van der Waals surface area contributed by atoms with Crippen LogP contribution in [0.15, 0.2) is 48.7 Å². The third-order valence-corrected chi connectivity index (χ3v) is 5.60. The number of nitrogens with zero attached hydrogens (tertiary/aromatic N) is 4. The highest BCUT2D eigenvalue weighted by Crippen LogP contribution is 2.31. The van der Waals surface area contributed by atoms with Crippen molar-refractivity contribution in [1.29, 1.82) is 0 Å². The fourth-order valence-corrected chi connectivity index (χ4v) is 3.96. The molecule has 0 atom stereocenters. The monoisotopic (exact) mass is 381 g/mol. The predicted molar refractivity (Wildman–Crippen MR) is 105 cm³/mol. The summed E-state index contributed by atoms with van der Waals surface area (Å²) in [6.45, 7) is 1.49. The number of pyridine rings is 1. The van der Waals surface area contributed by atoms with Gasteiger partial charge in [-0.05, 0) is 37.1 Å². The molecule has 2 N–H and O–H groups in total. The van der Waals surface area contributed by atoms with Crippen LogP contribution in [0.5, 0.6) is 5.75 Å². The number of para-hydroxylation sites is 2. The molecule has 4 rings (SSSR count). The Hall–Kier alpha value is -3.00. The van der Waals surface area contributed by atoms with Gasteiger partial charge in [0.1, 0.15) is 11.4 Å². The highest BCUT2D eigenvalue weighted by Gasteiger charge is 2.27. The first-order valence-electron chi connectivity index (χ1n) is 8.79. The number of benzene rings is 1. The highest BCUT2D eigenvalue weighted by atomic mass is 32.1. The molecular weight excluding hydrogens is 362 g/mol. The van der Waals surface area contributed by atoms with Gasteiger partial charge in [-0.1, -0.05) is 29.5 Å². The molecule has 138 valence electrons. The van der Waals surface area contributed by atoms with Crippen molar-refractivity contribution >= 4 is 28.1 Å². The molecule has 1 aliphatic heterocycles. The van der Waals surface area contributed by atoms with E-state index < -0.39 is 0 Å². The Labute approximate surface area is 160 Å². The molecule has 1 saturated heterocycles. The Morgan fingerprint density at radius 2 is 1.89 bits per heavy atom. The molecule has 0 aliphatic carbocycles. The molecule has 0 unspecified atom stereocenters. The second-order valence-electron chi connectivity index (χ2n) is 6.37. The number of nitrogens with one attached hydrogen (secondary N) is 1. The SMILES string of the molecule is O=C(Nc1ccccc1O)C1CCN(c2nnc(-c3ccccn3)s2)CC1. The minimum Gasteiger partial charge on any atom is -0.506 e. The number of aromatic hydroxyl groups is 1. The fourth-order valence-electron chi connectivity index (χ4n) is 3.08. The Bertz CT molecular complexity index is 923. The van der Waals surface area contributed by atoms with Gasteiger partial charge in [0.25, 0.3) is 0 Å². The summed E-state index contributed by atoms with van der Waals surface area (Å²) < 4.78 is 0. The molecule has 3 heterocycles. The summed E-state index contributed by atoms with van der Waals surface area (Å²) in [5, 5.41) is 22.8. The van der Waals surface area contributed by atoms with Gasteiger partial charge < -0.3 is 15.3 Å². The van der Waals surface area contributed by atoms with Crippen LogP contribution >= 0.6 is 11.3 Å². The number of hydrogen-bond donors (Lipinski definition) is 2. The molecule has 2 aromatic heterocycles. The quantitative estimate of drug-likeness (QED) is 0.675. The van der Waals surface area contributed by atoms with E-state index in [0.29, 0.717) is 5.69 Å².